The maximum absolute atomic E-state index is 6.17. The number of imidazole rings is 1. The fourth-order valence-electron chi connectivity index (χ4n) is 3.69. The van der Waals surface area contributed by atoms with Crippen molar-refractivity contribution in [2.75, 3.05) is 6.61 Å². The number of nitrogens with zero attached hydrogens (tertiary/aromatic N) is 2. The monoisotopic (exact) mass is 446 g/mol. The molecule has 164 valence electrons. The van der Waals surface area contributed by atoms with Gasteiger partial charge in [-0.25, -0.2) is 4.98 Å². The Hall–Kier alpha value is -3.24. The van der Waals surface area contributed by atoms with Crippen LogP contribution in [0.15, 0.2) is 85.5 Å². The summed E-state index contributed by atoms with van der Waals surface area (Å²) >= 11 is 5.93. The van der Waals surface area contributed by atoms with Crippen molar-refractivity contribution in [3.8, 4) is 11.5 Å². The van der Waals surface area contributed by atoms with E-state index in [4.69, 9.17) is 26.1 Å². The van der Waals surface area contributed by atoms with Crippen LogP contribution in [0.4, 0.5) is 0 Å². The summed E-state index contributed by atoms with van der Waals surface area (Å²) in [5.74, 6) is 2.65. The number of para-hydroxylation sites is 3. The number of unbranched alkanes of at least 4 members (excludes halogenated alkanes) is 1. The Kier molecular flexibility index (Phi) is 7.47. The van der Waals surface area contributed by atoms with Crippen molar-refractivity contribution in [3.05, 3.63) is 102 Å². The maximum atomic E-state index is 6.17. The minimum Gasteiger partial charge on any atom is -0.494 e. The molecule has 0 aliphatic heterocycles. The largest absolute Gasteiger partial charge is 0.494 e. The third-order valence-electron chi connectivity index (χ3n) is 5.29. The lowest BCUT2D eigenvalue weighted by Gasteiger charge is -2.13. The SMILES string of the molecule is C=CCc1ccccc1OCc1nc2ccccc2n1CCCCOc1ccc(Cl)cc1. The number of fused-ring (bicyclic) bond motifs is 1. The highest BCUT2D eigenvalue weighted by atomic mass is 35.5. The molecule has 5 heteroatoms. The van der Waals surface area contributed by atoms with Gasteiger partial charge >= 0.3 is 0 Å². The summed E-state index contributed by atoms with van der Waals surface area (Å²) in [6.07, 6.45) is 4.59. The van der Waals surface area contributed by atoms with E-state index < -0.39 is 0 Å². The summed E-state index contributed by atoms with van der Waals surface area (Å²) in [5, 5.41) is 0.714. The smallest absolute Gasteiger partial charge is 0.147 e. The van der Waals surface area contributed by atoms with Crippen LogP contribution in [0.3, 0.4) is 0 Å². The van der Waals surface area contributed by atoms with Crippen LogP contribution in [0.25, 0.3) is 11.0 Å². The van der Waals surface area contributed by atoms with Gasteiger partial charge in [0.2, 0.25) is 0 Å². The molecular weight excluding hydrogens is 420 g/mol. The fraction of sp³-hybridized carbons (Fsp3) is 0.222. The molecule has 0 spiro atoms. The van der Waals surface area contributed by atoms with Crippen LogP contribution >= 0.6 is 11.6 Å². The van der Waals surface area contributed by atoms with Crippen LogP contribution in [-0.2, 0) is 19.6 Å². The Labute approximate surface area is 194 Å². The number of aryl methyl sites for hydroxylation is 1. The zero-order chi connectivity index (χ0) is 22.2. The first-order chi connectivity index (χ1) is 15.7. The molecule has 0 fully saturated rings. The molecule has 0 saturated carbocycles. The lowest BCUT2D eigenvalue weighted by atomic mass is 10.1. The highest BCUT2D eigenvalue weighted by Crippen LogP contribution is 2.22. The van der Waals surface area contributed by atoms with Gasteiger partial charge in [-0.3, -0.25) is 0 Å². The maximum Gasteiger partial charge on any atom is 0.147 e. The molecule has 3 aromatic carbocycles. The number of rotatable bonds is 11. The molecule has 0 atom stereocenters. The van der Waals surface area contributed by atoms with Crippen molar-refractivity contribution in [2.24, 2.45) is 0 Å². The van der Waals surface area contributed by atoms with Crippen molar-refractivity contribution >= 4 is 22.6 Å². The van der Waals surface area contributed by atoms with Gasteiger partial charge in [0, 0.05) is 11.6 Å². The van der Waals surface area contributed by atoms with Gasteiger partial charge in [0.25, 0.3) is 0 Å². The molecule has 1 aromatic heterocycles. The van der Waals surface area contributed by atoms with Crippen molar-refractivity contribution in [3.63, 3.8) is 0 Å². The second-order valence-electron chi connectivity index (χ2n) is 7.57. The molecule has 32 heavy (non-hydrogen) atoms. The van der Waals surface area contributed by atoms with Crippen LogP contribution in [0, 0.1) is 0 Å². The average Bonchev–Trinajstić information content (AvgIpc) is 3.17. The first kappa shape index (κ1) is 22.0. The van der Waals surface area contributed by atoms with Crippen LogP contribution in [0.2, 0.25) is 5.02 Å². The second-order valence-corrected chi connectivity index (χ2v) is 8.00. The summed E-state index contributed by atoms with van der Waals surface area (Å²) in [6, 6.07) is 23.8. The molecule has 0 saturated heterocycles. The quantitative estimate of drug-likeness (QED) is 0.186. The number of benzene rings is 3. The standard InChI is InChI=1S/C27H27ClN2O2/c1-2-9-21-10-3-6-13-26(21)32-20-27-29-24-11-4-5-12-25(24)30(27)18-7-8-19-31-23-16-14-22(28)15-17-23/h2-6,10-17H,1,7-9,18-20H2. The topological polar surface area (TPSA) is 36.3 Å². The molecule has 1 heterocycles. The molecule has 4 aromatic rings. The summed E-state index contributed by atoms with van der Waals surface area (Å²) < 4.78 is 14.3. The van der Waals surface area contributed by atoms with E-state index in [0.29, 0.717) is 18.2 Å². The summed E-state index contributed by atoms with van der Waals surface area (Å²) in [6.45, 7) is 5.78. The van der Waals surface area contributed by atoms with Gasteiger partial charge in [0.1, 0.15) is 23.9 Å². The number of allylic oxidation sites excluding steroid dienone is 1. The Balaban J connectivity index is 1.40. The summed E-state index contributed by atoms with van der Waals surface area (Å²) in [5.41, 5.74) is 3.25. The Morgan fingerprint density at radius 2 is 1.69 bits per heavy atom. The predicted octanol–water partition coefficient (Wildman–Crippen LogP) is 6.86. The van der Waals surface area contributed by atoms with Crippen LogP contribution in [-0.4, -0.2) is 16.2 Å². The molecule has 0 aliphatic rings. The molecule has 0 radical (unpaired) electrons. The van der Waals surface area contributed by atoms with E-state index in [0.717, 1.165) is 59.7 Å². The molecule has 0 bridgehead atoms. The normalized spacial score (nSPS) is 10.9. The van der Waals surface area contributed by atoms with Gasteiger partial charge in [-0.2, -0.15) is 0 Å². The van der Waals surface area contributed by atoms with E-state index in [1.54, 1.807) is 0 Å². The van der Waals surface area contributed by atoms with Crippen LogP contribution in [0.5, 0.6) is 11.5 Å². The minimum absolute atomic E-state index is 0.421. The van der Waals surface area contributed by atoms with Gasteiger partial charge in [-0.1, -0.05) is 48.0 Å². The van der Waals surface area contributed by atoms with Crippen molar-refractivity contribution in [2.45, 2.75) is 32.4 Å². The van der Waals surface area contributed by atoms with Crippen molar-refractivity contribution in [1.82, 2.24) is 9.55 Å². The van der Waals surface area contributed by atoms with Gasteiger partial charge < -0.3 is 14.0 Å². The van der Waals surface area contributed by atoms with Gasteiger partial charge in [-0.05, 0) is 67.3 Å². The highest BCUT2D eigenvalue weighted by molar-refractivity contribution is 6.30. The molecule has 0 amide bonds. The number of hydrogen-bond acceptors (Lipinski definition) is 3. The van der Waals surface area contributed by atoms with Crippen LogP contribution in [0.1, 0.15) is 24.2 Å². The van der Waals surface area contributed by atoms with Gasteiger partial charge in [-0.15, -0.1) is 6.58 Å². The van der Waals surface area contributed by atoms with E-state index >= 15 is 0 Å². The molecule has 0 unspecified atom stereocenters. The molecule has 0 aliphatic carbocycles. The van der Waals surface area contributed by atoms with E-state index in [1.807, 2.05) is 66.7 Å². The average molecular weight is 447 g/mol. The Morgan fingerprint density at radius 1 is 0.906 bits per heavy atom. The van der Waals surface area contributed by atoms with Crippen LogP contribution < -0.4 is 9.47 Å². The Bertz CT molecular complexity index is 1170. The first-order valence-corrected chi connectivity index (χ1v) is 11.3. The molecule has 0 N–H and O–H groups in total. The lowest BCUT2D eigenvalue weighted by molar-refractivity contribution is 0.283. The summed E-state index contributed by atoms with van der Waals surface area (Å²) in [7, 11) is 0. The first-order valence-electron chi connectivity index (χ1n) is 10.9. The number of hydrogen-bond donors (Lipinski definition) is 0. The second kappa shape index (κ2) is 10.9. The highest BCUT2D eigenvalue weighted by Gasteiger charge is 2.12. The third-order valence-corrected chi connectivity index (χ3v) is 5.54. The minimum atomic E-state index is 0.421. The number of halogens is 1. The molecule has 4 nitrogen and oxygen atoms in total. The van der Waals surface area contributed by atoms with Crippen molar-refractivity contribution < 1.29 is 9.47 Å². The van der Waals surface area contributed by atoms with E-state index in [-0.39, 0.29) is 0 Å². The predicted molar refractivity (Wildman–Crippen MR) is 131 cm³/mol. The Morgan fingerprint density at radius 3 is 2.53 bits per heavy atom. The van der Waals surface area contributed by atoms with E-state index in [1.165, 1.54) is 0 Å². The van der Waals surface area contributed by atoms with Gasteiger partial charge in [0.05, 0.1) is 17.6 Å². The zero-order valence-corrected chi connectivity index (χ0v) is 18.8. The van der Waals surface area contributed by atoms with E-state index in [9.17, 15) is 0 Å². The lowest BCUT2D eigenvalue weighted by Crippen LogP contribution is -2.09. The van der Waals surface area contributed by atoms with Gasteiger partial charge in [0.15, 0.2) is 0 Å². The van der Waals surface area contributed by atoms with E-state index in [2.05, 4.69) is 23.3 Å². The fourth-order valence-corrected chi connectivity index (χ4v) is 3.81. The molecular formula is C27H27ClN2O2. The number of ether oxygens (including phenoxy) is 2. The molecule has 4 rings (SSSR count). The number of aromatic nitrogens is 2. The van der Waals surface area contributed by atoms with Crippen molar-refractivity contribution in [1.29, 1.82) is 0 Å². The third kappa shape index (κ3) is 5.51. The summed E-state index contributed by atoms with van der Waals surface area (Å²) in [4.78, 5) is 4.83. The zero-order valence-electron chi connectivity index (χ0n) is 18.0.